The van der Waals surface area contributed by atoms with Crippen molar-refractivity contribution in [2.45, 2.75) is 31.7 Å². The second-order valence-corrected chi connectivity index (χ2v) is 7.02. The van der Waals surface area contributed by atoms with Crippen molar-refractivity contribution in [1.29, 1.82) is 0 Å². The monoisotopic (exact) mass is 353 g/mol. The zero-order valence-electron chi connectivity index (χ0n) is 13.9. The van der Waals surface area contributed by atoms with Crippen LogP contribution in [-0.2, 0) is 6.42 Å². The maximum absolute atomic E-state index is 13.1. The molecule has 1 saturated heterocycles. The van der Waals surface area contributed by atoms with Gasteiger partial charge in [0.25, 0.3) is 5.91 Å². The van der Waals surface area contributed by atoms with Gasteiger partial charge in [-0.1, -0.05) is 41.9 Å². The van der Waals surface area contributed by atoms with E-state index in [1.165, 1.54) is 12.0 Å². The third-order valence-corrected chi connectivity index (χ3v) is 5.08. The van der Waals surface area contributed by atoms with Crippen LogP contribution in [0.2, 0.25) is 5.02 Å². The lowest BCUT2D eigenvalue weighted by molar-refractivity contribution is 0.0607. The molecule has 5 heteroatoms. The first-order valence-electron chi connectivity index (χ1n) is 8.70. The fraction of sp³-hybridized carbons (Fsp3) is 0.300. The molecule has 2 aromatic heterocycles. The van der Waals surface area contributed by atoms with Crippen LogP contribution < -0.4 is 0 Å². The minimum atomic E-state index is 0.0143. The number of hydrogen-bond acceptors (Lipinski definition) is 2. The molecule has 0 spiro atoms. The lowest BCUT2D eigenvalue weighted by Gasteiger charge is -2.35. The van der Waals surface area contributed by atoms with Crippen LogP contribution in [0.4, 0.5) is 0 Å². The summed E-state index contributed by atoms with van der Waals surface area (Å²) in [5.74, 6) is 0.0143. The Morgan fingerprint density at radius 3 is 2.84 bits per heavy atom. The van der Waals surface area contributed by atoms with E-state index in [2.05, 4.69) is 29.4 Å². The van der Waals surface area contributed by atoms with Gasteiger partial charge in [0.2, 0.25) is 0 Å². The average molecular weight is 354 g/mol. The Balaban J connectivity index is 1.59. The Labute approximate surface area is 152 Å². The zero-order valence-corrected chi connectivity index (χ0v) is 14.7. The van der Waals surface area contributed by atoms with Gasteiger partial charge in [-0.25, -0.2) is 4.52 Å². The molecule has 1 aromatic carbocycles. The van der Waals surface area contributed by atoms with E-state index in [1.807, 2.05) is 23.1 Å². The summed E-state index contributed by atoms with van der Waals surface area (Å²) in [6.45, 7) is 0.797. The van der Waals surface area contributed by atoms with Crippen LogP contribution in [0.5, 0.6) is 0 Å². The molecule has 0 saturated carbocycles. The highest BCUT2D eigenvalue weighted by Crippen LogP contribution is 2.23. The molecule has 0 aliphatic carbocycles. The van der Waals surface area contributed by atoms with Crippen LogP contribution in [0.3, 0.4) is 0 Å². The van der Waals surface area contributed by atoms with Crippen LogP contribution in [0.25, 0.3) is 5.52 Å². The smallest absolute Gasteiger partial charge is 0.274 e. The Bertz CT molecular complexity index is 890. The molecule has 3 aromatic rings. The number of piperidine rings is 1. The lowest BCUT2D eigenvalue weighted by atomic mass is 9.95. The van der Waals surface area contributed by atoms with Crippen molar-refractivity contribution in [3.05, 3.63) is 71.0 Å². The number of pyridine rings is 1. The van der Waals surface area contributed by atoms with Gasteiger partial charge in [0.15, 0.2) is 5.69 Å². The predicted molar refractivity (Wildman–Crippen MR) is 99.0 cm³/mol. The molecule has 1 aliphatic heterocycles. The first-order chi connectivity index (χ1) is 12.2. The molecule has 0 unspecified atom stereocenters. The van der Waals surface area contributed by atoms with E-state index in [-0.39, 0.29) is 11.9 Å². The summed E-state index contributed by atoms with van der Waals surface area (Å²) in [6.07, 6.45) is 5.94. The molecule has 4 rings (SSSR count). The van der Waals surface area contributed by atoms with E-state index in [1.54, 1.807) is 16.8 Å². The molecule has 0 radical (unpaired) electrons. The minimum Gasteiger partial charge on any atom is -0.334 e. The number of fused-ring (bicyclic) bond motifs is 1. The highest BCUT2D eigenvalue weighted by Gasteiger charge is 2.29. The first kappa shape index (κ1) is 16.2. The number of likely N-dealkylation sites (tertiary alicyclic amines) is 1. The zero-order chi connectivity index (χ0) is 17.2. The summed E-state index contributed by atoms with van der Waals surface area (Å²) < 4.78 is 1.70. The van der Waals surface area contributed by atoms with E-state index in [4.69, 9.17) is 11.6 Å². The molecule has 4 nitrogen and oxygen atoms in total. The Hall–Kier alpha value is -2.33. The Morgan fingerprint density at radius 1 is 1.16 bits per heavy atom. The molecule has 1 fully saturated rings. The van der Waals surface area contributed by atoms with Crippen molar-refractivity contribution in [2.75, 3.05) is 6.54 Å². The SMILES string of the molecule is O=C(c1cc2cc(Cl)ccn2n1)N1CCCC[C@@H]1Cc1ccccc1. The largest absolute Gasteiger partial charge is 0.334 e. The van der Waals surface area contributed by atoms with Gasteiger partial charge in [0, 0.05) is 23.8 Å². The van der Waals surface area contributed by atoms with Crippen LogP contribution in [0.1, 0.15) is 35.3 Å². The van der Waals surface area contributed by atoms with Crippen molar-refractivity contribution < 1.29 is 4.79 Å². The quantitative estimate of drug-likeness (QED) is 0.706. The van der Waals surface area contributed by atoms with E-state index in [9.17, 15) is 4.79 Å². The predicted octanol–water partition coefficient (Wildman–Crippen LogP) is 4.23. The lowest BCUT2D eigenvalue weighted by Crippen LogP contribution is -2.45. The maximum atomic E-state index is 13.1. The molecule has 0 N–H and O–H groups in total. The molecule has 128 valence electrons. The van der Waals surface area contributed by atoms with E-state index < -0.39 is 0 Å². The minimum absolute atomic E-state index is 0.0143. The summed E-state index contributed by atoms with van der Waals surface area (Å²) in [4.78, 5) is 15.1. The summed E-state index contributed by atoms with van der Waals surface area (Å²) in [6, 6.07) is 16.0. The van der Waals surface area contributed by atoms with Crippen molar-refractivity contribution >= 4 is 23.0 Å². The van der Waals surface area contributed by atoms with Gasteiger partial charge in [-0.15, -0.1) is 0 Å². The molecular formula is C20H20ClN3O. The second kappa shape index (κ2) is 6.89. The van der Waals surface area contributed by atoms with Gasteiger partial charge in [0.05, 0.1) is 5.52 Å². The summed E-state index contributed by atoms with van der Waals surface area (Å²) in [5.41, 5.74) is 2.60. The molecule has 1 amide bonds. The van der Waals surface area contributed by atoms with Gasteiger partial charge in [0.1, 0.15) is 0 Å². The normalized spacial score (nSPS) is 17.8. The van der Waals surface area contributed by atoms with Gasteiger partial charge in [-0.3, -0.25) is 4.79 Å². The number of aromatic nitrogens is 2. The first-order valence-corrected chi connectivity index (χ1v) is 9.08. The number of benzene rings is 1. The van der Waals surface area contributed by atoms with Crippen molar-refractivity contribution in [1.82, 2.24) is 14.5 Å². The fourth-order valence-electron chi connectivity index (χ4n) is 3.59. The topological polar surface area (TPSA) is 37.6 Å². The van der Waals surface area contributed by atoms with Crippen molar-refractivity contribution in [2.24, 2.45) is 0 Å². The van der Waals surface area contributed by atoms with E-state index in [0.717, 1.165) is 31.3 Å². The van der Waals surface area contributed by atoms with Gasteiger partial charge >= 0.3 is 0 Å². The molecule has 25 heavy (non-hydrogen) atoms. The van der Waals surface area contributed by atoms with E-state index >= 15 is 0 Å². The van der Waals surface area contributed by atoms with Crippen molar-refractivity contribution in [3.63, 3.8) is 0 Å². The average Bonchev–Trinajstić information content (AvgIpc) is 3.05. The molecule has 0 bridgehead atoms. The van der Waals surface area contributed by atoms with Crippen LogP contribution in [0.15, 0.2) is 54.7 Å². The molecule has 1 atom stereocenters. The van der Waals surface area contributed by atoms with E-state index in [0.29, 0.717) is 10.7 Å². The number of rotatable bonds is 3. The van der Waals surface area contributed by atoms with Crippen molar-refractivity contribution in [3.8, 4) is 0 Å². The maximum Gasteiger partial charge on any atom is 0.274 e. The number of hydrogen-bond donors (Lipinski definition) is 0. The Morgan fingerprint density at radius 2 is 2.00 bits per heavy atom. The number of amides is 1. The third kappa shape index (κ3) is 3.40. The summed E-state index contributed by atoms with van der Waals surface area (Å²) >= 11 is 6.03. The van der Waals surface area contributed by atoms with Gasteiger partial charge in [-0.05, 0) is 49.4 Å². The fourth-order valence-corrected chi connectivity index (χ4v) is 3.75. The molecular weight excluding hydrogens is 334 g/mol. The third-order valence-electron chi connectivity index (χ3n) is 4.85. The summed E-state index contributed by atoms with van der Waals surface area (Å²) in [7, 11) is 0. The second-order valence-electron chi connectivity index (χ2n) is 6.58. The van der Waals surface area contributed by atoms with Gasteiger partial charge in [-0.2, -0.15) is 5.10 Å². The van der Waals surface area contributed by atoms with Crippen LogP contribution >= 0.6 is 11.6 Å². The number of nitrogens with zero attached hydrogens (tertiary/aromatic N) is 3. The number of carbonyl (C=O) groups is 1. The standard InChI is InChI=1S/C20H20ClN3O/c21-16-9-11-24-18(13-16)14-19(22-24)20(25)23-10-5-4-8-17(23)12-15-6-2-1-3-7-15/h1-3,6-7,9,11,13-14,17H,4-5,8,10,12H2/t17-/m1/s1. The molecule has 1 aliphatic rings. The highest BCUT2D eigenvalue weighted by molar-refractivity contribution is 6.30. The van der Waals surface area contributed by atoms with Crippen LogP contribution in [0, 0.1) is 0 Å². The Kier molecular flexibility index (Phi) is 4.45. The number of carbonyl (C=O) groups excluding carboxylic acids is 1. The van der Waals surface area contributed by atoms with Crippen LogP contribution in [-0.4, -0.2) is 33.0 Å². The molecule has 3 heterocycles. The van der Waals surface area contributed by atoms with Gasteiger partial charge < -0.3 is 4.90 Å². The number of halogens is 1. The summed E-state index contributed by atoms with van der Waals surface area (Å²) in [5, 5.41) is 5.08. The highest BCUT2D eigenvalue weighted by atomic mass is 35.5.